The van der Waals surface area contributed by atoms with Gasteiger partial charge in [-0.1, -0.05) is 0 Å². The molecule has 0 saturated carbocycles. The van der Waals surface area contributed by atoms with Gasteiger partial charge in [0.05, 0.1) is 12.7 Å². The summed E-state index contributed by atoms with van der Waals surface area (Å²) in [6.07, 6.45) is 0. The second-order valence-corrected chi connectivity index (χ2v) is 3.85. The summed E-state index contributed by atoms with van der Waals surface area (Å²) in [6.45, 7) is 0. The number of halogens is 2. The first-order chi connectivity index (χ1) is 9.51. The SMILES string of the molecule is COc1ccc(Oc2c(F)cc(C(=O)O)cc2F)cc1. The van der Waals surface area contributed by atoms with Crippen LogP contribution in [0.1, 0.15) is 10.4 Å². The van der Waals surface area contributed by atoms with E-state index in [9.17, 15) is 13.6 Å². The zero-order valence-corrected chi connectivity index (χ0v) is 10.4. The van der Waals surface area contributed by atoms with Gasteiger partial charge in [-0.25, -0.2) is 13.6 Å². The van der Waals surface area contributed by atoms with E-state index < -0.39 is 28.9 Å². The summed E-state index contributed by atoms with van der Waals surface area (Å²) in [6, 6.07) is 7.48. The van der Waals surface area contributed by atoms with Gasteiger partial charge in [-0.05, 0) is 36.4 Å². The van der Waals surface area contributed by atoms with E-state index in [2.05, 4.69) is 0 Å². The highest BCUT2D eigenvalue weighted by Gasteiger charge is 2.16. The number of ether oxygens (including phenoxy) is 2. The van der Waals surface area contributed by atoms with Gasteiger partial charge in [0, 0.05) is 0 Å². The van der Waals surface area contributed by atoms with E-state index in [1.54, 1.807) is 12.1 Å². The van der Waals surface area contributed by atoms with Gasteiger partial charge in [0.1, 0.15) is 11.5 Å². The second kappa shape index (κ2) is 5.56. The minimum atomic E-state index is -1.42. The average molecular weight is 280 g/mol. The van der Waals surface area contributed by atoms with Gasteiger partial charge >= 0.3 is 5.97 Å². The van der Waals surface area contributed by atoms with Crippen molar-refractivity contribution in [1.82, 2.24) is 0 Å². The van der Waals surface area contributed by atoms with E-state index in [-0.39, 0.29) is 5.75 Å². The van der Waals surface area contributed by atoms with Crippen LogP contribution in [0.4, 0.5) is 8.78 Å². The van der Waals surface area contributed by atoms with Crippen molar-refractivity contribution in [2.24, 2.45) is 0 Å². The summed E-state index contributed by atoms with van der Waals surface area (Å²) >= 11 is 0. The molecule has 0 amide bonds. The Morgan fingerprint density at radius 1 is 1.05 bits per heavy atom. The topological polar surface area (TPSA) is 55.8 Å². The number of carboxylic acids is 1. The van der Waals surface area contributed by atoms with Crippen LogP contribution in [0.15, 0.2) is 36.4 Å². The van der Waals surface area contributed by atoms with Crippen molar-refractivity contribution in [3.8, 4) is 17.2 Å². The highest BCUT2D eigenvalue weighted by Crippen LogP contribution is 2.29. The number of aromatic carboxylic acids is 1. The lowest BCUT2D eigenvalue weighted by atomic mass is 10.2. The monoisotopic (exact) mass is 280 g/mol. The molecule has 1 N–H and O–H groups in total. The van der Waals surface area contributed by atoms with Crippen LogP contribution in [0.25, 0.3) is 0 Å². The quantitative estimate of drug-likeness (QED) is 0.931. The van der Waals surface area contributed by atoms with Crippen molar-refractivity contribution in [3.63, 3.8) is 0 Å². The number of benzene rings is 2. The summed E-state index contributed by atoms with van der Waals surface area (Å²) in [5.41, 5.74) is -0.484. The van der Waals surface area contributed by atoms with Crippen LogP contribution < -0.4 is 9.47 Å². The second-order valence-electron chi connectivity index (χ2n) is 3.85. The molecule has 20 heavy (non-hydrogen) atoms. The Hall–Kier alpha value is -2.63. The molecule has 0 aliphatic heterocycles. The van der Waals surface area contributed by atoms with Crippen LogP contribution in [-0.2, 0) is 0 Å². The van der Waals surface area contributed by atoms with Crippen LogP contribution in [0.3, 0.4) is 0 Å². The number of hydrogen-bond donors (Lipinski definition) is 1. The summed E-state index contributed by atoms with van der Waals surface area (Å²) in [5.74, 6) is -3.47. The fourth-order valence-corrected chi connectivity index (χ4v) is 1.54. The number of methoxy groups -OCH3 is 1. The fraction of sp³-hybridized carbons (Fsp3) is 0.0714. The molecule has 0 spiro atoms. The van der Waals surface area contributed by atoms with E-state index in [1.165, 1.54) is 19.2 Å². The largest absolute Gasteiger partial charge is 0.497 e. The van der Waals surface area contributed by atoms with E-state index in [4.69, 9.17) is 14.6 Å². The molecule has 0 heterocycles. The lowest BCUT2D eigenvalue weighted by Gasteiger charge is -2.09. The standard InChI is InChI=1S/C14H10F2O4/c1-19-9-2-4-10(5-3-9)20-13-11(15)6-8(14(17)18)7-12(13)16/h2-7H,1H3,(H,17,18). The Balaban J connectivity index is 2.30. The maximum absolute atomic E-state index is 13.6. The highest BCUT2D eigenvalue weighted by atomic mass is 19.1. The zero-order chi connectivity index (χ0) is 14.7. The normalized spacial score (nSPS) is 10.2. The van der Waals surface area contributed by atoms with Crippen LogP contribution in [0.2, 0.25) is 0 Å². The summed E-state index contributed by atoms with van der Waals surface area (Å²) in [4.78, 5) is 10.7. The van der Waals surface area contributed by atoms with Crippen molar-refractivity contribution < 1.29 is 28.2 Å². The molecule has 0 radical (unpaired) electrons. The highest BCUT2D eigenvalue weighted by molar-refractivity contribution is 5.87. The molecule has 0 unspecified atom stereocenters. The van der Waals surface area contributed by atoms with Crippen LogP contribution >= 0.6 is 0 Å². The molecule has 4 nitrogen and oxygen atoms in total. The van der Waals surface area contributed by atoms with Crippen molar-refractivity contribution in [3.05, 3.63) is 53.6 Å². The molecule has 0 aliphatic rings. The molecule has 0 bridgehead atoms. The van der Waals surface area contributed by atoms with Gasteiger partial charge in [-0.3, -0.25) is 0 Å². The number of carbonyl (C=O) groups is 1. The Kier molecular flexibility index (Phi) is 3.84. The lowest BCUT2D eigenvalue weighted by molar-refractivity contribution is 0.0695. The van der Waals surface area contributed by atoms with Crippen molar-refractivity contribution in [1.29, 1.82) is 0 Å². The van der Waals surface area contributed by atoms with Gasteiger partial charge in [0.2, 0.25) is 0 Å². The van der Waals surface area contributed by atoms with E-state index in [0.29, 0.717) is 17.9 Å². The van der Waals surface area contributed by atoms with E-state index >= 15 is 0 Å². The third-order valence-electron chi connectivity index (χ3n) is 2.52. The number of hydrogen-bond acceptors (Lipinski definition) is 3. The molecule has 104 valence electrons. The minimum absolute atomic E-state index is 0.201. The first-order valence-electron chi connectivity index (χ1n) is 5.55. The molecule has 2 rings (SSSR count). The molecule has 6 heteroatoms. The Morgan fingerprint density at radius 2 is 1.55 bits per heavy atom. The van der Waals surface area contributed by atoms with Gasteiger partial charge in [0.25, 0.3) is 0 Å². The Labute approximate surface area is 113 Å². The smallest absolute Gasteiger partial charge is 0.335 e. The molecule has 0 aliphatic carbocycles. The summed E-state index contributed by atoms with van der Waals surface area (Å²) in [7, 11) is 1.49. The molecule has 0 aromatic heterocycles. The van der Waals surface area contributed by atoms with Crippen LogP contribution in [-0.4, -0.2) is 18.2 Å². The first-order valence-corrected chi connectivity index (χ1v) is 5.55. The fourth-order valence-electron chi connectivity index (χ4n) is 1.54. The maximum atomic E-state index is 13.6. The van der Waals surface area contributed by atoms with Crippen molar-refractivity contribution >= 4 is 5.97 Å². The van der Waals surface area contributed by atoms with Gasteiger partial charge < -0.3 is 14.6 Å². The van der Waals surface area contributed by atoms with Gasteiger partial charge in [-0.2, -0.15) is 0 Å². The van der Waals surface area contributed by atoms with Crippen molar-refractivity contribution in [2.45, 2.75) is 0 Å². The van der Waals surface area contributed by atoms with Gasteiger partial charge in [-0.15, -0.1) is 0 Å². The maximum Gasteiger partial charge on any atom is 0.335 e. The molecular weight excluding hydrogens is 270 g/mol. The molecular formula is C14H10F2O4. The third kappa shape index (κ3) is 2.85. The molecule has 2 aromatic carbocycles. The average Bonchev–Trinajstić information content (AvgIpc) is 2.43. The lowest BCUT2D eigenvalue weighted by Crippen LogP contribution is -2.01. The van der Waals surface area contributed by atoms with Crippen LogP contribution in [0, 0.1) is 11.6 Å². The predicted octanol–water partition coefficient (Wildman–Crippen LogP) is 3.46. The predicted molar refractivity (Wildman–Crippen MR) is 66.4 cm³/mol. The van der Waals surface area contributed by atoms with Crippen molar-refractivity contribution in [2.75, 3.05) is 7.11 Å². The van der Waals surface area contributed by atoms with E-state index in [0.717, 1.165) is 0 Å². The van der Waals surface area contributed by atoms with Gasteiger partial charge in [0.15, 0.2) is 17.4 Å². The number of rotatable bonds is 4. The minimum Gasteiger partial charge on any atom is -0.497 e. The Bertz CT molecular complexity index is 615. The molecule has 2 aromatic rings. The third-order valence-corrected chi connectivity index (χ3v) is 2.52. The molecule has 0 atom stereocenters. The first kappa shape index (κ1) is 13.8. The zero-order valence-electron chi connectivity index (χ0n) is 10.4. The summed E-state index contributed by atoms with van der Waals surface area (Å²) in [5, 5.41) is 8.68. The summed E-state index contributed by atoms with van der Waals surface area (Å²) < 4.78 is 37.3. The molecule has 0 saturated heterocycles. The Morgan fingerprint density at radius 3 is 2.00 bits per heavy atom. The van der Waals surface area contributed by atoms with E-state index in [1.807, 2.05) is 0 Å². The molecule has 0 fully saturated rings. The van der Waals surface area contributed by atoms with Crippen LogP contribution in [0.5, 0.6) is 17.2 Å². The number of carboxylic acid groups (broad SMARTS) is 1.